The number of phenols is 1. The number of hydrogen-bond donors (Lipinski definition) is 1. The standard InChI is InChI=1S/C26H20O4S/c1-16-5-3-4-6-20(16)25(29)26-24(21-13-12-19(27)15-22(21)31-26)18-10-7-17(8-11-18)9-14-23(28)30-2/h3-15,27H,1-2H3/b14-9+. The van der Waals surface area contributed by atoms with Crippen LogP contribution in [0, 0.1) is 6.92 Å². The summed E-state index contributed by atoms with van der Waals surface area (Å²) in [5, 5.41) is 10.9. The molecular weight excluding hydrogens is 408 g/mol. The van der Waals surface area contributed by atoms with Crippen molar-refractivity contribution in [2.75, 3.05) is 7.11 Å². The maximum atomic E-state index is 13.5. The molecule has 1 heterocycles. The molecule has 0 saturated heterocycles. The summed E-state index contributed by atoms with van der Waals surface area (Å²) in [4.78, 5) is 25.4. The van der Waals surface area contributed by atoms with Gasteiger partial charge in [0.1, 0.15) is 5.75 Å². The van der Waals surface area contributed by atoms with Crippen LogP contribution in [0.1, 0.15) is 26.4 Å². The van der Waals surface area contributed by atoms with Gasteiger partial charge >= 0.3 is 5.97 Å². The molecule has 4 aromatic rings. The second-order valence-electron chi connectivity index (χ2n) is 7.11. The van der Waals surface area contributed by atoms with Gasteiger partial charge in [0.15, 0.2) is 0 Å². The molecule has 31 heavy (non-hydrogen) atoms. The van der Waals surface area contributed by atoms with Crippen LogP contribution in [-0.2, 0) is 9.53 Å². The minimum atomic E-state index is -0.418. The van der Waals surface area contributed by atoms with Crippen LogP contribution in [0.5, 0.6) is 5.75 Å². The summed E-state index contributed by atoms with van der Waals surface area (Å²) in [6.07, 6.45) is 3.05. The van der Waals surface area contributed by atoms with Crippen LogP contribution in [0.15, 0.2) is 72.8 Å². The van der Waals surface area contributed by atoms with Crippen molar-refractivity contribution in [3.63, 3.8) is 0 Å². The maximum Gasteiger partial charge on any atom is 0.330 e. The van der Waals surface area contributed by atoms with Gasteiger partial charge in [-0.3, -0.25) is 4.79 Å². The Kier molecular flexibility index (Phi) is 5.69. The number of carbonyl (C=O) groups is 2. The third kappa shape index (κ3) is 4.13. The van der Waals surface area contributed by atoms with Crippen molar-refractivity contribution in [3.05, 3.63) is 94.4 Å². The second-order valence-corrected chi connectivity index (χ2v) is 8.16. The molecule has 1 aromatic heterocycles. The van der Waals surface area contributed by atoms with Gasteiger partial charge in [-0.15, -0.1) is 11.3 Å². The highest BCUT2D eigenvalue weighted by Gasteiger charge is 2.22. The molecule has 0 aliphatic heterocycles. The maximum absolute atomic E-state index is 13.5. The van der Waals surface area contributed by atoms with Crippen LogP contribution in [0.2, 0.25) is 0 Å². The number of aryl methyl sites for hydroxylation is 1. The number of rotatable bonds is 5. The third-order valence-corrected chi connectivity index (χ3v) is 6.23. The predicted octanol–water partition coefficient (Wildman–Crippen LogP) is 6.00. The number of benzene rings is 3. The molecule has 0 amide bonds. The Bertz CT molecular complexity index is 1310. The van der Waals surface area contributed by atoms with Crippen LogP contribution >= 0.6 is 11.3 Å². The van der Waals surface area contributed by atoms with Crippen LogP contribution < -0.4 is 0 Å². The van der Waals surface area contributed by atoms with Crippen molar-refractivity contribution in [2.24, 2.45) is 0 Å². The first-order valence-corrected chi connectivity index (χ1v) is 10.5. The van der Waals surface area contributed by atoms with E-state index in [1.54, 1.807) is 18.2 Å². The quantitative estimate of drug-likeness (QED) is 0.241. The minimum absolute atomic E-state index is 0.0385. The van der Waals surface area contributed by atoms with Crippen LogP contribution in [0.4, 0.5) is 0 Å². The van der Waals surface area contributed by atoms with Crippen LogP contribution in [0.25, 0.3) is 27.3 Å². The molecule has 0 radical (unpaired) electrons. The summed E-state index contributed by atoms with van der Waals surface area (Å²) < 4.78 is 5.47. The first kappa shape index (κ1) is 20.6. The lowest BCUT2D eigenvalue weighted by Gasteiger charge is -2.08. The van der Waals surface area contributed by atoms with E-state index in [1.807, 2.05) is 61.5 Å². The van der Waals surface area contributed by atoms with Gasteiger partial charge in [0.05, 0.1) is 12.0 Å². The highest BCUT2D eigenvalue weighted by molar-refractivity contribution is 7.21. The normalized spacial score (nSPS) is 11.2. The first-order valence-electron chi connectivity index (χ1n) is 9.70. The van der Waals surface area contributed by atoms with Gasteiger partial charge in [-0.25, -0.2) is 4.79 Å². The molecular formula is C26H20O4S. The average molecular weight is 429 g/mol. The molecule has 0 fully saturated rings. The predicted molar refractivity (Wildman–Crippen MR) is 125 cm³/mol. The lowest BCUT2D eigenvalue weighted by molar-refractivity contribution is -0.134. The van der Waals surface area contributed by atoms with Gasteiger partial charge in [0.2, 0.25) is 5.78 Å². The van der Waals surface area contributed by atoms with Crippen molar-refractivity contribution in [1.29, 1.82) is 0 Å². The largest absolute Gasteiger partial charge is 0.508 e. The van der Waals surface area contributed by atoms with E-state index >= 15 is 0 Å². The summed E-state index contributed by atoms with van der Waals surface area (Å²) in [6.45, 7) is 1.93. The number of thiophene rings is 1. The molecule has 4 nitrogen and oxygen atoms in total. The Balaban J connectivity index is 1.84. The molecule has 0 atom stereocenters. The number of ether oxygens (including phenoxy) is 1. The third-order valence-electron chi connectivity index (χ3n) is 5.08. The van der Waals surface area contributed by atoms with E-state index in [0.717, 1.165) is 32.3 Å². The molecule has 5 heteroatoms. The molecule has 0 saturated carbocycles. The molecule has 3 aromatic carbocycles. The lowest BCUT2D eigenvalue weighted by atomic mass is 9.96. The first-order chi connectivity index (χ1) is 15.0. The van der Waals surface area contributed by atoms with Gasteiger partial charge < -0.3 is 9.84 Å². The molecule has 0 spiro atoms. The van der Waals surface area contributed by atoms with Crippen molar-refractivity contribution in [3.8, 4) is 16.9 Å². The highest BCUT2D eigenvalue weighted by Crippen LogP contribution is 2.41. The topological polar surface area (TPSA) is 63.6 Å². The number of methoxy groups -OCH3 is 1. The van der Waals surface area contributed by atoms with Crippen LogP contribution in [-0.4, -0.2) is 24.0 Å². The van der Waals surface area contributed by atoms with Gasteiger partial charge in [0, 0.05) is 27.3 Å². The van der Waals surface area contributed by atoms with E-state index in [4.69, 9.17) is 0 Å². The average Bonchev–Trinajstić information content (AvgIpc) is 3.16. The summed E-state index contributed by atoms with van der Waals surface area (Å²) in [5.74, 6) is -0.291. The Morgan fingerprint density at radius 1 is 1.00 bits per heavy atom. The van der Waals surface area contributed by atoms with Crippen LogP contribution in [0.3, 0.4) is 0 Å². The number of ketones is 1. The van der Waals surface area contributed by atoms with E-state index in [9.17, 15) is 14.7 Å². The summed E-state index contributed by atoms with van der Waals surface area (Å²) >= 11 is 1.38. The molecule has 0 bridgehead atoms. The zero-order valence-electron chi connectivity index (χ0n) is 17.1. The van der Waals surface area contributed by atoms with Crippen molar-refractivity contribution < 1.29 is 19.4 Å². The smallest absolute Gasteiger partial charge is 0.330 e. The fourth-order valence-electron chi connectivity index (χ4n) is 3.47. The highest BCUT2D eigenvalue weighted by atomic mass is 32.1. The van der Waals surface area contributed by atoms with E-state index in [2.05, 4.69) is 4.74 Å². The summed E-state index contributed by atoms with van der Waals surface area (Å²) in [5.41, 5.74) is 4.16. The summed E-state index contributed by atoms with van der Waals surface area (Å²) in [7, 11) is 1.34. The molecule has 154 valence electrons. The molecule has 0 aliphatic carbocycles. The van der Waals surface area contributed by atoms with Crippen molar-refractivity contribution in [1.82, 2.24) is 0 Å². The van der Waals surface area contributed by atoms with E-state index in [0.29, 0.717) is 10.4 Å². The number of carbonyl (C=O) groups excluding carboxylic acids is 2. The van der Waals surface area contributed by atoms with E-state index in [-0.39, 0.29) is 11.5 Å². The van der Waals surface area contributed by atoms with E-state index < -0.39 is 5.97 Å². The Hall–Kier alpha value is -3.70. The Morgan fingerprint density at radius 2 is 1.74 bits per heavy atom. The monoisotopic (exact) mass is 428 g/mol. The molecule has 1 N–H and O–H groups in total. The fraction of sp³-hybridized carbons (Fsp3) is 0.0769. The van der Waals surface area contributed by atoms with Crippen molar-refractivity contribution in [2.45, 2.75) is 6.92 Å². The van der Waals surface area contributed by atoms with E-state index in [1.165, 1.54) is 24.5 Å². The second kappa shape index (κ2) is 8.58. The molecule has 4 rings (SSSR count). The molecule has 0 aliphatic rings. The fourth-order valence-corrected chi connectivity index (χ4v) is 4.69. The minimum Gasteiger partial charge on any atom is -0.508 e. The zero-order chi connectivity index (χ0) is 22.0. The zero-order valence-corrected chi connectivity index (χ0v) is 17.9. The van der Waals surface area contributed by atoms with Gasteiger partial charge in [-0.2, -0.15) is 0 Å². The lowest BCUT2D eigenvalue weighted by Crippen LogP contribution is -2.02. The Labute approximate surface area is 184 Å². The number of esters is 1. The Morgan fingerprint density at radius 3 is 2.45 bits per heavy atom. The summed E-state index contributed by atoms with van der Waals surface area (Å²) in [6, 6.07) is 20.3. The number of hydrogen-bond acceptors (Lipinski definition) is 5. The number of phenolic OH excluding ortho intramolecular Hbond substituents is 1. The number of aromatic hydroxyl groups is 1. The van der Waals surface area contributed by atoms with Gasteiger partial charge in [0.25, 0.3) is 0 Å². The van der Waals surface area contributed by atoms with Crippen molar-refractivity contribution >= 4 is 39.3 Å². The SMILES string of the molecule is COC(=O)/C=C/c1ccc(-c2c(C(=O)c3ccccc3C)sc3cc(O)ccc23)cc1. The van der Waals surface area contributed by atoms with Gasteiger partial charge in [-0.05, 0) is 47.9 Å². The molecule has 0 unspecified atom stereocenters. The number of fused-ring (bicyclic) bond motifs is 1. The van der Waals surface area contributed by atoms with Gasteiger partial charge in [-0.1, -0.05) is 48.5 Å².